The van der Waals surface area contributed by atoms with Crippen LogP contribution in [0.4, 0.5) is 10.5 Å². The van der Waals surface area contributed by atoms with Gasteiger partial charge in [-0.25, -0.2) is 17.9 Å². The Morgan fingerprint density at radius 2 is 1.69 bits per heavy atom. The second-order valence-corrected chi connectivity index (χ2v) is 5.07. The normalized spacial score (nSPS) is 11.1. The van der Waals surface area contributed by atoms with Crippen LogP contribution in [0.5, 0.6) is 0 Å². The number of amides is 2. The van der Waals surface area contributed by atoms with Gasteiger partial charge in [0.25, 0.3) is 10.0 Å². The van der Waals surface area contributed by atoms with Gasteiger partial charge in [0.15, 0.2) is 0 Å². The van der Waals surface area contributed by atoms with Crippen molar-refractivity contribution < 1.29 is 13.2 Å². The highest BCUT2D eigenvalue weighted by Gasteiger charge is 2.21. The minimum Gasteiger partial charge on any atom is -0.399 e. The average molecular weight is 243 g/mol. The molecule has 88 valence electrons. The lowest BCUT2D eigenvalue weighted by Gasteiger charge is -2.11. The quantitative estimate of drug-likeness (QED) is 0.645. The molecule has 0 fully saturated rings. The van der Waals surface area contributed by atoms with Crippen LogP contribution in [0.2, 0.25) is 0 Å². The maximum atomic E-state index is 11.7. The third-order valence-electron chi connectivity index (χ3n) is 1.99. The van der Waals surface area contributed by atoms with Crippen LogP contribution in [-0.2, 0) is 10.0 Å². The summed E-state index contributed by atoms with van der Waals surface area (Å²) >= 11 is 0. The zero-order chi connectivity index (χ0) is 12.5. The Balaban J connectivity index is 3.39. The molecule has 0 unspecified atom stereocenters. The zero-order valence-corrected chi connectivity index (χ0v) is 9.76. The molecule has 2 amide bonds. The summed E-state index contributed by atoms with van der Waals surface area (Å²) in [4.78, 5) is 10.6. The molecule has 0 spiro atoms. The minimum atomic E-state index is -3.92. The maximum Gasteiger partial charge on any atom is 0.326 e. The van der Waals surface area contributed by atoms with Crippen molar-refractivity contribution >= 4 is 21.7 Å². The fourth-order valence-electron chi connectivity index (χ4n) is 1.59. The molecule has 7 heteroatoms. The number of anilines is 1. The van der Waals surface area contributed by atoms with Crippen molar-refractivity contribution in [2.24, 2.45) is 5.73 Å². The summed E-state index contributed by atoms with van der Waals surface area (Å²) in [7, 11) is -3.92. The number of sulfonamides is 1. The van der Waals surface area contributed by atoms with Gasteiger partial charge in [-0.15, -0.1) is 0 Å². The van der Waals surface area contributed by atoms with Gasteiger partial charge in [-0.2, -0.15) is 0 Å². The number of primary amides is 1. The number of aryl methyl sites for hydroxylation is 2. The highest BCUT2D eigenvalue weighted by molar-refractivity contribution is 7.90. The topological polar surface area (TPSA) is 115 Å². The van der Waals surface area contributed by atoms with Crippen LogP contribution in [-0.4, -0.2) is 14.4 Å². The molecule has 1 rings (SSSR count). The molecule has 0 aliphatic rings. The van der Waals surface area contributed by atoms with Gasteiger partial charge in [0.05, 0.1) is 4.90 Å². The summed E-state index contributed by atoms with van der Waals surface area (Å²) in [5.41, 5.74) is 11.8. The van der Waals surface area contributed by atoms with E-state index < -0.39 is 16.1 Å². The number of carbonyl (C=O) groups is 1. The van der Waals surface area contributed by atoms with E-state index in [1.807, 2.05) is 0 Å². The van der Waals surface area contributed by atoms with Gasteiger partial charge in [-0.3, -0.25) is 0 Å². The average Bonchev–Trinajstić information content (AvgIpc) is 1.96. The molecule has 5 N–H and O–H groups in total. The Morgan fingerprint density at radius 1 is 1.25 bits per heavy atom. The summed E-state index contributed by atoms with van der Waals surface area (Å²) in [5.74, 6) is 0. The van der Waals surface area contributed by atoms with E-state index in [1.165, 1.54) is 12.1 Å². The van der Waals surface area contributed by atoms with Gasteiger partial charge in [-0.05, 0) is 37.1 Å². The highest BCUT2D eigenvalue weighted by atomic mass is 32.2. The van der Waals surface area contributed by atoms with Crippen molar-refractivity contribution in [1.82, 2.24) is 4.72 Å². The lowest BCUT2D eigenvalue weighted by molar-refractivity contribution is 0.253. The van der Waals surface area contributed by atoms with Crippen LogP contribution in [0.15, 0.2) is 17.0 Å². The fraction of sp³-hybridized carbons (Fsp3) is 0.222. The summed E-state index contributed by atoms with van der Waals surface area (Å²) in [5, 5.41) is 0. The first-order valence-corrected chi connectivity index (χ1v) is 5.91. The van der Waals surface area contributed by atoms with Crippen molar-refractivity contribution in [3.8, 4) is 0 Å². The van der Waals surface area contributed by atoms with Crippen molar-refractivity contribution in [3.63, 3.8) is 0 Å². The number of urea groups is 1. The molecule has 1 aromatic rings. The van der Waals surface area contributed by atoms with Gasteiger partial charge in [0, 0.05) is 5.69 Å². The number of hydrogen-bond acceptors (Lipinski definition) is 4. The van der Waals surface area contributed by atoms with Crippen LogP contribution in [0.1, 0.15) is 11.1 Å². The molecule has 6 nitrogen and oxygen atoms in total. The van der Waals surface area contributed by atoms with E-state index in [2.05, 4.69) is 0 Å². The van der Waals surface area contributed by atoms with Crippen molar-refractivity contribution in [2.45, 2.75) is 18.7 Å². The number of rotatable bonds is 2. The van der Waals surface area contributed by atoms with E-state index in [-0.39, 0.29) is 4.90 Å². The molecule has 0 saturated carbocycles. The van der Waals surface area contributed by atoms with Crippen LogP contribution in [0.25, 0.3) is 0 Å². The Hall–Kier alpha value is -1.76. The van der Waals surface area contributed by atoms with Crippen LogP contribution < -0.4 is 16.2 Å². The first-order chi connectivity index (χ1) is 7.24. The van der Waals surface area contributed by atoms with Crippen LogP contribution in [0, 0.1) is 13.8 Å². The smallest absolute Gasteiger partial charge is 0.326 e. The molecule has 1 aromatic carbocycles. The summed E-state index contributed by atoms with van der Waals surface area (Å²) in [6, 6.07) is 1.92. The monoisotopic (exact) mass is 243 g/mol. The second-order valence-electron chi connectivity index (χ2n) is 3.45. The lowest BCUT2D eigenvalue weighted by Crippen LogP contribution is -2.35. The molecule has 0 aromatic heterocycles. The van der Waals surface area contributed by atoms with Crippen molar-refractivity contribution in [2.75, 3.05) is 5.73 Å². The predicted molar refractivity (Wildman–Crippen MR) is 60.2 cm³/mol. The minimum absolute atomic E-state index is 0.0282. The Labute approximate surface area is 93.7 Å². The maximum absolute atomic E-state index is 11.7. The molecule has 16 heavy (non-hydrogen) atoms. The summed E-state index contributed by atoms with van der Waals surface area (Å²) in [6.07, 6.45) is 0. The molecule has 0 aliphatic heterocycles. The first-order valence-electron chi connectivity index (χ1n) is 4.43. The molecule has 0 radical (unpaired) electrons. The second kappa shape index (κ2) is 4.01. The molecule has 0 bridgehead atoms. The van der Waals surface area contributed by atoms with Crippen LogP contribution in [0.3, 0.4) is 0 Å². The highest BCUT2D eigenvalue weighted by Crippen LogP contribution is 2.22. The van der Waals surface area contributed by atoms with E-state index in [1.54, 1.807) is 18.6 Å². The first kappa shape index (κ1) is 12.3. The number of hydrogen-bond donors (Lipinski definition) is 3. The van der Waals surface area contributed by atoms with E-state index in [4.69, 9.17) is 11.5 Å². The molecule has 0 heterocycles. The number of benzene rings is 1. The number of nitrogen functional groups attached to an aromatic ring is 1. The summed E-state index contributed by atoms with van der Waals surface area (Å²) in [6.45, 7) is 3.19. The standard InChI is InChI=1S/C9H13N3O3S/c1-5-3-7(10)4-6(2)8(5)16(14,15)12-9(11)13/h3-4H,10H2,1-2H3,(H3,11,12,13). The van der Waals surface area contributed by atoms with E-state index in [0.29, 0.717) is 16.8 Å². The zero-order valence-electron chi connectivity index (χ0n) is 8.94. The molecular weight excluding hydrogens is 230 g/mol. The number of nitrogens with two attached hydrogens (primary N) is 2. The number of carbonyl (C=O) groups excluding carboxylic acids is 1. The fourth-order valence-corrected chi connectivity index (χ4v) is 2.92. The molecular formula is C9H13N3O3S. The van der Waals surface area contributed by atoms with Crippen molar-refractivity contribution in [1.29, 1.82) is 0 Å². The largest absolute Gasteiger partial charge is 0.399 e. The van der Waals surface area contributed by atoms with E-state index in [0.717, 1.165) is 0 Å². The Kier molecular flexibility index (Phi) is 3.09. The predicted octanol–water partition coefficient (Wildman–Crippen LogP) is 0.243. The van der Waals surface area contributed by atoms with Gasteiger partial charge in [0.2, 0.25) is 0 Å². The third kappa shape index (κ3) is 2.43. The van der Waals surface area contributed by atoms with Crippen LogP contribution >= 0.6 is 0 Å². The van der Waals surface area contributed by atoms with Gasteiger partial charge in [-0.1, -0.05) is 0 Å². The molecule has 0 aliphatic carbocycles. The number of nitrogens with one attached hydrogen (secondary N) is 1. The van der Waals surface area contributed by atoms with Gasteiger partial charge < -0.3 is 11.5 Å². The molecule has 0 atom stereocenters. The van der Waals surface area contributed by atoms with E-state index >= 15 is 0 Å². The Bertz CT molecular complexity index is 514. The molecule has 0 saturated heterocycles. The SMILES string of the molecule is Cc1cc(N)cc(C)c1S(=O)(=O)NC(N)=O. The van der Waals surface area contributed by atoms with Gasteiger partial charge in [0.1, 0.15) is 0 Å². The van der Waals surface area contributed by atoms with Gasteiger partial charge >= 0.3 is 6.03 Å². The Morgan fingerprint density at radius 3 is 2.06 bits per heavy atom. The van der Waals surface area contributed by atoms with Crippen molar-refractivity contribution in [3.05, 3.63) is 23.3 Å². The summed E-state index contributed by atoms with van der Waals surface area (Å²) < 4.78 is 25.2. The third-order valence-corrected chi connectivity index (χ3v) is 3.64. The lowest BCUT2D eigenvalue weighted by atomic mass is 10.1. The van der Waals surface area contributed by atoms with E-state index in [9.17, 15) is 13.2 Å².